The maximum atomic E-state index is 11.8. The molecule has 0 aliphatic carbocycles. The summed E-state index contributed by atoms with van der Waals surface area (Å²) in [6.07, 6.45) is 3.04. The zero-order chi connectivity index (χ0) is 19.1. The minimum absolute atomic E-state index is 0.0165. The molecular weight excluding hydrogens is 350 g/mol. The summed E-state index contributed by atoms with van der Waals surface area (Å²) in [6, 6.07) is 15.4. The third kappa shape index (κ3) is 4.54. The van der Waals surface area contributed by atoms with Gasteiger partial charge in [0.25, 0.3) is 5.91 Å². The monoisotopic (exact) mass is 365 g/mol. The van der Waals surface area contributed by atoms with Gasteiger partial charge in [0.2, 0.25) is 0 Å². The number of aromatic amines is 1. The zero-order valence-corrected chi connectivity index (χ0v) is 14.0. The summed E-state index contributed by atoms with van der Waals surface area (Å²) in [6.45, 7) is -0.404. The molecule has 0 saturated carbocycles. The molecule has 0 radical (unpaired) electrons. The number of nitrogens with zero attached hydrogens (tertiary/aromatic N) is 3. The van der Waals surface area contributed by atoms with Crippen LogP contribution < -0.4 is 10.2 Å². The molecule has 9 nitrogen and oxygen atoms in total. The number of rotatable bonds is 7. The Kier molecular flexibility index (Phi) is 5.53. The van der Waals surface area contributed by atoms with E-state index in [4.69, 9.17) is 4.74 Å². The first-order valence-electron chi connectivity index (χ1n) is 7.92. The van der Waals surface area contributed by atoms with Gasteiger partial charge in [0.05, 0.1) is 23.0 Å². The van der Waals surface area contributed by atoms with Crippen molar-refractivity contribution in [3.05, 3.63) is 76.5 Å². The molecule has 1 aromatic heterocycles. The molecule has 3 aromatic rings. The standard InChI is InChI=1S/C18H15N5O4/c24-17(12-27-16-9-5-4-8-15(16)23(25)26)21-19-10-14-11-20-22-18(14)13-6-2-1-3-7-13/h1-11H,12H2,(H,20,22)(H,21,24). The Labute approximate surface area is 153 Å². The Morgan fingerprint density at radius 3 is 2.74 bits per heavy atom. The van der Waals surface area contributed by atoms with Gasteiger partial charge in [-0.1, -0.05) is 42.5 Å². The van der Waals surface area contributed by atoms with E-state index in [1.165, 1.54) is 24.4 Å². The lowest BCUT2D eigenvalue weighted by molar-refractivity contribution is -0.385. The number of aromatic nitrogens is 2. The molecule has 0 aliphatic rings. The first-order valence-corrected chi connectivity index (χ1v) is 7.92. The first-order chi connectivity index (χ1) is 13.1. The number of carbonyl (C=O) groups excluding carboxylic acids is 1. The van der Waals surface area contributed by atoms with Gasteiger partial charge in [-0.3, -0.25) is 20.0 Å². The van der Waals surface area contributed by atoms with E-state index in [1.807, 2.05) is 30.3 Å². The number of carbonyl (C=O) groups is 1. The minimum atomic E-state index is -0.574. The number of H-pyrrole nitrogens is 1. The van der Waals surface area contributed by atoms with Crippen molar-refractivity contribution in [2.45, 2.75) is 0 Å². The second-order valence-electron chi connectivity index (χ2n) is 5.37. The Morgan fingerprint density at radius 1 is 1.22 bits per heavy atom. The molecule has 1 heterocycles. The molecule has 0 fully saturated rings. The fourth-order valence-electron chi connectivity index (χ4n) is 2.31. The fourth-order valence-corrected chi connectivity index (χ4v) is 2.31. The Balaban J connectivity index is 1.58. The molecule has 0 spiro atoms. The molecule has 0 unspecified atom stereocenters. The average Bonchev–Trinajstić information content (AvgIpc) is 3.16. The largest absolute Gasteiger partial charge is 0.477 e. The lowest BCUT2D eigenvalue weighted by atomic mass is 10.1. The highest BCUT2D eigenvalue weighted by molar-refractivity contribution is 5.89. The summed E-state index contributed by atoms with van der Waals surface area (Å²) in [4.78, 5) is 22.2. The number of hydrogen-bond donors (Lipinski definition) is 2. The van der Waals surface area contributed by atoms with Crippen molar-refractivity contribution in [1.82, 2.24) is 15.6 Å². The molecule has 0 bridgehead atoms. The Morgan fingerprint density at radius 2 is 1.96 bits per heavy atom. The van der Waals surface area contributed by atoms with Crippen LogP contribution in [0.3, 0.4) is 0 Å². The highest BCUT2D eigenvalue weighted by atomic mass is 16.6. The van der Waals surface area contributed by atoms with Crippen LogP contribution in [0.25, 0.3) is 11.3 Å². The van der Waals surface area contributed by atoms with E-state index in [2.05, 4.69) is 20.7 Å². The molecule has 1 amide bonds. The van der Waals surface area contributed by atoms with Crippen molar-refractivity contribution in [2.75, 3.05) is 6.61 Å². The number of para-hydroxylation sites is 2. The number of nitrogens with one attached hydrogen (secondary N) is 2. The number of hydrogen-bond acceptors (Lipinski definition) is 6. The molecule has 3 rings (SSSR count). The van der Waals surface area contributed by atoms with E-state index in [0.717, 1.165) is 11.3 Å². The van der Waals surface area contributed by atoms with Crippen LogP contribution in [0.5, 0.6) is 5.75 Å². The van der Waals surface area contributed by atoms with Gasteiger partial charge < -0.3 is 4.74 Å². The van der Waals surface area contributed by atoms with Crippen LogP contribution in [0.2, 0.25) is 0 Å². The van der Waals surface area contributed by atoms with Crippen molar-refractivity contribution >= 4 is 17.8 Å². The number of benzene rings is 2. The van der Waals surface area contributed by atoms with E-state index in [1.54, 1.807) is 12.3 Å². The normalized spacial score (nSPS) is 10.7. The molecule has 2 N–H and O–H groups in total. The van der Waals surface area contributed by atoms with Gasteiger partial charge in [-0.2, -0.15) is 10.2 Å². The molecule has 0 aliphatic heterocycles. The van der Waals surface area contributed by atoms with Crippen molar-refractivity contribution < 1.29 is 14.5 Å². The Bertz CT molecular complexity index is 969. The summed E-state index contributed by atoms with van der Waals surface area (Å²) in [5.74, 6) is -0.531. The third-order valence-corrected chi connectivity index (χ3v) is 3.54. The quantitative estimate of drug-likeness (QED) is 0.378. The molecule has 9 heteroatoms. The van der Waals surface area contributed by atoms with Crippen LogP contribution in [0.1, 0.15) is 5.56 Å². The second kappa shape index (κ2) is 8.39. The van der Waals surface area contributed by atoms with Gasteiger partial charge in [0.1, 0.15) is 0 Å². The molecule has 0 saturated heterocycles. The lowest BCUT2D eigenvalue weighted by Gasteiger charge is -2.05. The second-order valence-corrected chi connectivity index (χ2v) is 5.37. The van der Waals surface area contributed by atoms with E-state index in [-0.39, 0.29) is 11.4 Å². The van der Waals surface area contributed by atoms with Gasteiger partial charge in [-0.15, -0.1) is 0 Å². The van der Waals surface area contributed by atoms with E-state index < -0.39 is 17.4 Å². The van der Waals surface area contributed by atoms with Gasteiger partial charge in [-0.05, 0) is 6.07 Å². The van der Waals surface area contributed by atoms with Crippen molar-refractivity contribution in [1.29, 1.82) is 0 Å². The predicted molar refractivity (Wildman–Crippen MR) is 98.4 cm³/mol. The maximum Gasteiger partial charge on any atom is 0.310 e. The van der Waals surface area contributed by atoms with Crippen molar-refractivity contribution in [2.24, 2.45) is 5.10 Å². The summed E-state index contributed by atoms with van der Waals surface area (Å²) >= 11 is 0. The topological polar surface area (TPSA) is 123 Å². The number of nitro groups is 1. The lowest BCUT2D eigenvalue weighted by Crippen LogP contribution is -2.24. The van der Waals surface area contributed by atoms with Crippen LogP contribution in [0.15, 0.2) is 65.9 Å². The van der Waals surface area contributed by atoms with E-state index >= 15 is 0 Å². The van der Waals surface area contributed by atoms with Crippen molar-refractivity contribution in [3.63, 3.8) is 0 Å². The molecular formula is C18H15N5O4. The third-order valence-electron chi connectivity index (χ3n) is 3.54. The van der Waals surface area contributed by atoms with E-state index in [0.29, 0.717) is 5.56 Å². The molecule has 0 atom stereocenters. The highest BCUT2D eigenvalue weighted by Crippen LogP contribution is 2.25. The van der Waals surface area contributed by atoms with E-state index in [9.17, 15) is 14.9 Å². The number of amides is 1. The average molecular weight is 365 g/mol. The van der Waals surface area contributed by atoms with Crippen LogP contribution >= 0.6 is 0 Å². The number of nitro benzene ring substituents is 1. The molecule has 2 aromatic carbocycles. The van der Waals surface area contributed by atoms with Gasteiger partial charge in [0, 0.05) is 17.2 Å². The predicted octanol–water partition coefficient (Wildman–Crippen LogP) is 2.51. The zero-order valence-electron chi connectivity index (χ0n) is 14.0. The summed E-state index contributed by atoms with van der Waals surface area (Å²) in [5.41, 5.74) is 4.50. The fraction of sp³-hybridized carbons (Fsp3) is 0.0556. The van der Waals surface area contributed by atoms with Crippen molar-refractivity contribution in [3.8, 4) is 17.0 Å². The van der Waals surface area contributed by atoms with Crippen LogP contribution in [-0.4, -0.2) is 33.8 Å². The Hall–Kier alpha value is -4.01. The molecule has 27 heavy (non-hydrogen) atoms. The SMILES string of the molecule is O=C(COc1ccccc1[N+](=O)[O-])NN=Cc1cn[nH]c1-c1ccccc1. The van der Waals surface area contributed by atoms with Crippen LogP contribution in [0.4, 0.5) is 5.69 Å². The van der Waals surface area contributed by atoms with Gasteiger partial charge in [-0.25, -0.2) is 5.43 Å². The van der Waals surface area contributed by atoms with Crippen LogP contribution in [-0.2, 0) is 4.79 Å². The minimum Gasteiger partial charge on any atom is -0.477 e. The smallest absolute Gasteiger partial charge is 0.310 e. The first kappa shape index (κ1) is 17.8. The van der Waals surface area contributed by atoms with Gasteiger partial charge in [0.15, 0.2) is 12.4 Å². The maximum absolute atomic E-state index is 11.8. The number of hydrazone groups is 1. The van der Waals surface area contributed by atoms with Crippen LogP contribution in [0, 0.1) is 10.1 Å². The highest BCUT2D eigenvalue weighted by Gasteiger charge is 2.14. The molecule has 136 valence electrons. The summed E-state index contributed by atoms with van der Waals surface area (Å²) in [5, 5.41) is 21.6. The van der Waals surface area contributed by atoms with Gasteiger partial charge >= 0.3 is 5.69 Å². The summed E-state index contributed by atoms with van der Waals surface area (Å²) in [7, 11) is 0. The summed E-state index contributed by atoms with van der Waals surface area (Å²) < 4.78 is 5.19. The number of ether oxygens (including phenoxy) is 1.